The molecular weight excluding hydrogens is 324 g/mol. The Labute approximate surface area is 159 Å². The van der Waals surface area contributed by atoms with E-state index in [4.69, 9.17) is 21.5 Å². The van der Waals surface area contributed by atoms with Crippen molar-refractivity contribution in [3.63, 3.8) is 0 Å². The first kappa shape index (κ1) is 20.8. The molecule has 2 aliphatic carbocycles. The minimum absolute atomic E-state index is 0.337. The number of aliphatic imine (C=N–C) groups is 2. The maximum atomic E-state index is 6.27. The molecule has 0 unspecified atom stereocenters. The van der Waals surface area contributed by atoms with E-state index in [2.05, 4.69) is 10.2 Å². The lowest BCUT2D eigenvalue weighted by Crippen LogP contribution is -2.41. The molecule has 6 nitrogen and oxygen atoms in total. The third kappa shape index (κ3) is 6.06. The third-order valence-corrected chi connectivity index (χ3v) is 5.60. The monoisotopic (exact) mass is 362 g/mol. The minimum Gasteiger partial charge on any atom is -0.385 e. The van der Waals surface area contributed by atoms with Gasteiger partial charge in [0.1, 0.15) is 22.7 Å². The number of hydrogen-bond acceptors (Lipinski definition) is 4. The smallest absolute Gasteiger partial charge is 0.132 e. The molecule has 0 bridgehead atoms. The van der Waals surface area contributed by atoms with Crippen molar-refractivity contribution in [3.8, 4) is 0 Å². The molecule has 0 aromatic rings. The highest BCUT2D eigenvalue weighted by Crippen LogP contribution is 2.24. The lowest BCUT2D eigenvalue weighted by molar-refractivity contribution is 0.437. The number of nitrogens with two attached hydrogens (primary N) is 2. The van der Waals surface area contributed by atoms with Crippen molar-refractivity contribution in [2.75, 3.05) is 0 Å². The van der Waals surface area contributed by atoms with Crippen LogP contribution in [0.25, 0.3) is 0 Å². The fraction of sp³-hybridized carbons (Fsp3) is 0.900. The Bertz CT molecular complexity index is 487. The summed E-state index contributed by atoms with van der Waals surface area (Å²) >= 11 is 0. The van der Waals surface area contributed by atoms with E-state index in [1.807, 2.05) is 27.7 Å². The average molecular weight is 363 g/mol. The van der Waals surface area contributed by atoms with Crippen LogP contribution in [0.5, 0.6) is 0 Å². The van der Waals surface area contributed by atoms with Crippen LogP contribution < -0.4 is 11.5 Å². The van der Waals surface area contributed by atoms with Gasteiger partial charge in [0, 0.05) is 0 Å². The summed E-state index contributed by atoms with van der Waals surface area (Å²) in [6, 6.07) is 0.674. The van der Waals surface area contributed by atoms with Gasteiger partial charge < -0.3 is 11.5 Å². The van der Waals surface area contributed by atoms with Crippen molar-refractivity contribution in [2.24, 2.45) is 31.7 Å². The molecule has 2 aliphatic rings. The number of hydrogen-bond donors (Lipinski definition) is 2. The van der Waals surface area contributed by atoms with Crippen molar-refractivity contribution in [1.82, 2.24) is 0 Å². The van der Waals surface area contributed by atoms with Crippen LogP contribution in [0.1, 0.15) is 91.9 Å². The summed E-state index contributed by atoms with van der Waals surface area (Å²) in [4.78, 5) is 9.45. The summed E-state index contributed by atoms with van der Waals surface area (Å²) in [5.41, 5.74) is 11.3. The zero-order valence-electron chi connectivity index (χ0n) is 17.2. The van der Waals surface area contributed by atoms with Gasteiger partial charge in [0.15, 0.2) is 0 Å². The Balaban J connectivity index is 2.03. The molecule has 4 N–H and O–H groups in total. The maximum Gasteiger partial charge on any atom is 0.132 e. The molecule has 0 spiro atoms. The Kier molecular flexibility index (Phi) is 7.18. The SMILES string of the molecule is CC(C)(N=NC(C)(C)C(N)=NC1CCCCC1)C(N)=NC1CCCCC1. The summed E-state index contributed by atoms with van der Waals surface area (Å²) in [6.45, 7) is 7.84. The molecule has 0 aliphatic heterocycles. The second kappa shape index (κ2) is 8.96. The van der Waals surface area contributed by atoms with Gasteiger partial charge in [-0.25, -0.2) is 0 Å². The van der Waals surface area contributed by atoms with E-state index in [0.29, 0.717) is 23.8 Å². The first-order chi connectivity index (χ1) is 12.2. The van der Waals surface area contributed by atoms with Crippen LogP contribution in [0.2, 0.25) is 0 Å². The molecule has 6 heteroatoms. The van der Waals surface area contributed by atoms with E-state index < -0.39 is 11.1 Å². The number of azo groups is 1. The van der Waals surface area contributed by atoms with Gasteiger partial charge in [-0.15, -0.1) is 0 Å². The molecule has 0 aromatic heterocycles. The van der Waals surface area contributed by atoms with E-state index in [1.54, 1.807) is 0 Å². The standard InChI is InChI=1S/C20H38N6/c1-19(2,17(21)23-15-11-7-5-8-12-15)25-26-20(3,4)18(22)24-16-13-9-6-10-14-16/h15-16H,5-14H2,1-4H3,(H2,21,23)(H2,22,24). The van der Waals surface area contributed by atoms with Crippen LogP contribution in [0.4, 0.5) is 0 Å². The van der Waals surface area contributed by atoms with Crippen LogP contribution in [0.3, 0.4) is 0 Å². The highest BCUT2D eigenvalue weighted by molar-refractivity contribution is 5.90. The summed E-state index contributed by atoms with van der Waals surface area (Å²) in [5.74, 6) is 1.12. The maximum absolute atomic E-state index is 6.27. The highest BCUT2D eigenvalue weighted by atomic mass is 15.2. The largest absolute Gasteiger partial charge is 0.385 e. The van der Waals surface area contributed by atoms with Gasteiger partial charge in [0.25, 0.3) is 0 Å². The predicted octanol–water partition coefficient (Wildman–Crippen LogP) is 4.38. The molecule has 2 fully saturated rings. The minimum atomic E-state index is -0.625. The Morgan fingerprint density at radius 2 is 0.923 bits per heavy atom. The topological polar surface area (TPSA) is 101 Å². The first-order valence-corrected chi connectivity index (χ1v) is 10.3. The Morgan fingerprint density at radius 3 is 1.23 bits per heavy atom. The molecule has 0 radical (unpaired) electrons. The number of rotatable bonds is 6. The summed E-state index contributed by atoms with van der Waals surface area (Å²) in [7, 11) is 0. The molecule has 2 saturated carbocycles. The number of amidine groups is 2. The molecule has 0 saturated heterocycles. The quantitative estimate of drug-likeness (QED) is 0.416. The van der Waals surface area contributed by atoms with E-state index >= 15 is 0 Å². The van der Waals surface area contributed by atoms with Gasteiger partial charge in [0.05, 0.1) is 12.1 Å². The predicted molar refractivity (Wildman–Crippen MR) is 110 cm³/mol. The molecule has 148 valence electrons. The zero-order chi connectivity index (χ0) is 19.2. The van der Waals surface area contributed by atoms with Gasteiger partial charge in [-0.1, -0.05) is 38.5 Å². The molecule has 0 aromatic carbocycles. The van der Waals surface area contributed by atoms with Crippen molar-refractivity contribution in [3.05, 3.63) is 0 Å². The van der Waals surface area contributed by atoms with E-state index in [1.165, 1.54) is 38.5 Å². The van der Waals surface area contributed by atoms with E-state index in [9.17, 15) is 0 Å². The average Bonchev–Trinajstić information content (AvgIpc) is 2.62. The lowest BCUT2D eigenvalue weighted by Gasteiger charge is -2.26. The van der Waals surface area contributed by atoms with Gasteiger partial charge >= 0.3 is 0 Å². The molecule has 0 amide bonds. The van der Waals surface area contributed by atoms with Crippen molar-refractivity contribution >= 4 is 11.7 Å². The normalized spacial score (nSPS) is 22.9. The van der Waals surface area contributed by atoms with Crippen molar-refractivity contribution < 1.29 is 0 Å². The highest BCUT2D eigenvalue weighted by Gasteiger charge is 2.29. The molecule has 26 heavy (non-hydrogen) atoms. The molecule has 0 atom stereocenters. The Morgan fingerprint density at radius 1 is 0.615 bits per heavy atom. The van der Waals surface area contributed by atoms with Crippen LogP contribution in [0.15, 0.2) is 20.2 Å². The van der Waals surface area contributed by atoms with Gasteiger partial charge in [-0.3, -0.25) is 9.98 Å². The second-order valence-electron chi connectivity index (χ2n) is 8.93. The van der Waals surface area contributed by atoms with Gasteiger partial charge in [-0.2, -0.15) is 10.2 Å². The van der Waals surface area contributed by atoms with Gasteiger partial charge in [-0.05, 0) is 53.4 Å². The van der Waals surface area contributed by atoms with Crippen LogP contribution >= 0.6 is 0 Å². The third-order valence-electron chi connectivity index (χ3n) is 5.60. The zero-order valence-corrected chi connectivity index (χ0v) is 17.2. The molecular formula is C20H38N6. The Hall–Kier alpha value is -1.46. The number of nitrogens with zero attached hydrogens (tertiary/aromatic N) is 4. The molecule has 0 heterocycles. The summed E-state index contributed by atoms with van der Waals surface area (Å²) in [6.07, 6.45) is 12.1. The van der Waals surface area contributed by atoms with Crippen LogP contribution in [-0.4, -0.2) is 34.8 Å². The van der Waals surface area contributed by atoms with Crippen molar-refractivity contribution in [1.29, 1.82) is 0 Å². The molecule has 2 rings (SSSR count). The second-order valence-corrected chi connectivity index (χ2v) is 8.93. The summed E-state index contributed by atoms with van der Waals surface area (Å²) in [5, 5.41) is 9.03. The summed E-state index contributed by atoms with van der Waals surface area (Å²) < 4.78 is 0. The lowest BCUT2D eigenvalue weighted by atomic mass is 9.95. The van der Waals surface area contributed by atoms with Gasteiger partial charge in [0.2, 0.25) is 0 Å². The fourth-order valence-electron chi connectivity index (χ4n) is 3.48. The van der Waals surface area contributed by atoms with Crippen molar-refractivity contribution in [2.45, 2.75) is 115 Å². The van der Waals surface area contributed by atoms with Crippen LogP contribution in [0, 0.1) is 0 Å². The van der Waals surface area contributed by atoms with Crippen LogP contribution in [-0.2, 0) is 0 Å². The van der Waals surface area contributed by atoms with E-state index in [0.717, 1.165) is 25.7 Å². The van der Waals surface area contributed by atoms with E-state index in [-0.39, 0.29) is 0 Å². The first-order valence-electron chi connectivity index (χ1n) is 10.3. The fourth-order valence-corrected chi connectivity index (χ4v) is 3.48.